The predicted molar refractivity (Wildman–Crippen MR) is 136 cm³/mol. The summed E-state index contributed by atoms with van der Waals surface area (Å²) in [6.07, 6.45) is 2.77. The van der Waals surface area contributed by atoms with Gasteiger partial charge in [0.25, 0.3) is 15.9 Å². The fourth-order valence-corrected chi connectivity index (χ4v) is 6.46. The van der Waals surface area contributed by atoms with E-state index in [1.54, 1.807) is 6.92 Å². The summed E-state index contributed by atoms with van der Waals surface area (Å²) in [5, 5.41) is 4.66. The molecule has 2 saturated heterocycles. The number of carbonyl (C=O) groups is 2. The standard InChI is InChI=1S/C24H32ClN5O5S/c1-3-29-17-19(23(31)28-11-7-8-18(16-28)24(32)35-4-2)22(26-29)36(33,34)30-14-12-27(13-15-30)21-10-6-5-9-20(21)25/h5-6,9-10,17-18H,3-4,7-8,11-16H2,1-2H3/t18-/m0/s1. The molecule has 36 heavy (non-hydrogen) atoms. The highest BCUT2D eigenvalue weighted by atomic mass is 35.5. The van der Waals surface area contributed by atoms with E-state index >= 15 is 0 Å². The third-order valence-corrected chi connectivity index (χ3v) is 8.78. The SMILES string of the molecule is CCOC(=O)[C@H]1CCCN(C(=O)c2cn(CC)nc2S(=O)(=O)N2CCN(c3ccccc3Cl)CC2)C1. The molecule has 0 saturated carbocycles. The summed E-state index contributed by atoms with van der Waals surface area (Å²) in [4.78, 5) is 29.3. The van der Waals surface area contributed by atoms with Gasteiger partial charge in [-0.15, -0.1) is 0 Å². The number of carbonyl (C=O) groups excluding carboxylic acids is 2. The van der Waals surface area contributed by atoms with Gasteiger partial charge in [0.15, 0.2) is 0 Å². The lowest BCUT2D eigenvalue weighted by Crippen LogP contribution is -2.49. The molecule has 0 unspecified atom stereocenters. The van der Waals surface area contributed by atoms with Gasteiger partial charge in [-0.3, -0.25) is 14.3 Å². The zero-order valence-corrected chi connectivity index (χ0v) is 22.2. The molecule has 1 amide bonds. The van der Waals surface area contributed by atoms with E-state index in [1.807, 2.05) is 36.1 Å². The molecule has 0 spiro atoms. The first kappa shape index (κ1) is 26.4. The molecule has 3 heterocycles. The third kappa shape index (κ3) is 5.37. The lowest BCUT2D eigenvalue weighted by Gasteiger charge is -2.35. The Bertz CT molecular complexity index is 1210. The minimum Gasteiger partial charge on any atom is -0.466 e. The first-order valence-electron chi connectivity index (χ1n) is 12.3. The molecule has 196 valence electrons. The number of amides is 1. The molecule has 12 heteroatoms. The van der Waals surface area contributed by atoms with E-state index in [2.05, 4.69) is 5.10 Å². The molecule has 1 aromatic heterocycles. The average molecular weight is 538 g/mol. The summed E-state index contributed by atoms with van der Waals surface area (Å²) in [6.45, 7) is 6.34. The normalized spacial score (nSPS) is 19.4. The summed E-state index contributed by atoms with van der Waals surface area (Å²) in [5.41, 5.74) is 0.901. The first-order chi connectivity index (χ1) is 17.3. The van der Waals surface area contributed by atoms with Gasteiger partial charge in [0.1, 0.15) is 0 Å². The lowest BCUT2D eigenvalue weighted by atomic mass is 9.98. The molecular formula is C24H32ClN5O5S. The number of hydrogen-bond acceptors (Lipinski definition) is 7. The van der Waals surface area contributed by atoms with Crippen LogP contribution in [-0.2, 0) is 26.1 Å². The molecule has 2 fully saturated rings. The fourth-order valence-electron chi connectivity index (χ4n) is 4.69. The van der Waals surface area contributed by atoms with Crippen molar-refractivity contribution in [1.82, 2.24) is 19.0 Å². The Hall–Kier alpha value is -2.63. The van der Waals surface area contributed by atoms with E-state index in [-0.39, 0.29) is 42.8 Å². The molecule has 10 nitrogen and oxygen atoms in total. The van der Waals surface area contributed by atoms with E-state index in [9.17, 15) is 18.0 Å². The number of ether oxygens (including phenoxy) is 1. The van der Waals surface area contributed by atoms with E-state index in [0.29, 0.717) is 44.0 Å². The third-order valence-electron chi connectivity index (χ3n) is 6.63. The van der Waals surface area contributed by atoms with Crippen LogP contribution >= 0.6 is 11.6 Å². The van der Waals surface area contributed by atoms with Crippen LogP contribution in [0, 0.1) is 5.92 Å². The molecule has 0 N–H and O–H groups in total. The van der Waals surface area contributed by atoms with Crippen molar-refractivity contribution in [2.75, 3.05) is 50.8 Å². The molecular weight excluding hydrogens is 506 g/mol. The molecule has 4 rings (SSSR count). The maximum Gasteiger partial charge on any atom is 0.310 e. The number of halogens is 1. The second-order valence-electron chi connectivity index (χ2n) is 8.89. The number of para-hydroxylation sites is 1. The fraction of sp³-hybridized carbons (Fsp3) is 0.542. The Morgan fingerprint density at radius 1 is 1.11 bits per heavy atom. The van der Waals surface area contributed by atoms with Crippen molar-refractivity contribution in [2.45, 2.75) is 38.3 Å². The van der Waals surface area contributed by atoms with Crippen LogP contribution in [0.3, 0.4) is 0 Å². The monoisotopic (exact) mass is 537 g/mol. The predicted octanol–water partition coefficient (Wildman–Crippen LogP) is 2.48. The Morgan fingerprint density at radius 3 is 2.50 bits per heavy atom. The highest BCUT2D eigenvalue weighted by Crippen LogP contribution is 2.29. The second kappa shape index (κ2) is 11.2. The van der Waals surface area contributed by atoms with Crippen molar-refractivity contribution in [3.63, 3.8) is 0 Å². The van der Waals surface area contributed by atoms with Crippen LogP contribution in [0.25, 0.3) is 0 Å². The van der Waals surface area contributed by atoms with Gasteiger partial charge in [0.2, 0.25) is 5.03 Å². The highest BCUT2D eigenvalue weighted by Gasteiger charge is 2.37. The van der Waals surface area contributed by atoms with Crippen LogP contribution < -0.4 is 4.90 Å². The number of sulfonamides is 1. The van der Waals surface area contributed by atoms with Gasteiger partial charge in [-0.05, 0) is 38.8 Å². The van der Waals surface area contributed by atoms with Gasteiger partial charge in [0.05, 0.1) is 28.8 Å². The number of aryl methyl sites for hydroxylation is 1. The number of likely N-dealkylation sites (tertiary alicyclic amines) is 1. The van der Waals surface area contributed by atoms with Gasteiger partial charge < -0.3 is 14.5 Å². The van der Waals surface area contributed by atoms with Crippen LogP contribution in [-0.4, -0.2) is 85.2 Å². The van der Waals surface area contributed by atoms with Crippen LogP contribution in [0.2, 0.25) is 5.02 Å². The van der Waals surface area contributed by atoms with Gasteiger partial charge in [0, 0.05) is 52.0 Å². The topological polar surface area (TPSA) is 105 Å². The number of esters is 1. The molecule has 0 bridgehead atoms. The average Bonchev–Trinajstić information content (AvgIpc) is 3.34. The van der Waals surface area contributed by atoms with Crippen molar-refractivity contribution in [1.29, 1.82) is 0 Å². The van der Waals surface area contributed by atoms with Crippen LogP contribution in [0.1, 0.15) is 37.0 Å². The summed E-state index contributed by atoms with van der Waals surface area (Å²) in [7, 11) is -4.02. The minimum atomic E-state index is -4.02. The Balaban J connectivity index is 1.53. The summed E-state index contributed by atoms with van der Waals surface area (Å²) < 4.78 is 35.3. The van der Waals surface area contributed by atoms with Gasteiger partial charge >= 0.3 is 5.97 Å². The molecule has 2 aliphatic heterocycles. The first-order valence-corrected chi connectivity index (χ1v) is 14.1. The van der Waals surface area contributed by atoms with E-state index in [0.717, 1.165) is 5.69 Å². The molecule has 0 aliphatic carbocycles. The van der Waals surface area contributed by atoms with Crippen molar-refractivity contribution >= 4 is 39.2 Å². The highest BCUT2D eigenvalue weighted by molar-refractivity contribution is 7.89. The number of piperidine rings is 1. The minimum absolute atomic E-state index is 0.0369. The number of hydrogen-bond donors (Lipinski definition) is 0. The van der Waals surface area contributed by atoms with Crippen molar-refractivity contribution in [3.8, 4) is 0 Å². The molecule has 1 atom stereocenters. The Morgan fingerprint density at radius 2 is 1.83 bits per heavy atom. The van der Waals surface area contributed by atoms with Crippen LogP contribution in [0.5, 0.6) is 0 Å². The Labute approximate surface area is 216 Å². The number of benzene rings is 1. The number of rotatable bonds is 7. The smallest absolute Gasteiger partial charge is 0.310 e. The molecule has 0 radical (unpaired) electrons. The van der Waals surface area contributed by atoms with E-state index in [4.69, 9.17) is 16.3 Å². The molecule has 2 aromatic rings. The van der Waals surface area contributed by atoms with E-state index < -0.39 is 21.8 Å². The number of piperazine rings is 1. The van der Waals surface area contributed by atoms with Crippen molar-refractivity contribution in [3.05, 3.63) is 41.0 Å². The Kier molecular flexibility index (Phi) is 8.21. The zero-order chi connectivity index (χ0) is 25.9. The number of aromatic nitrogens is 2. The van der Waals surface area contributed by atoms with Crippen LogP contribution in [0.15, 0.2) is 35.5 Å². The van der Waals surface area contributed by atoms with Crippen molar-refractivity contribution < 1.29 is 22.7 Å². The lowest BCUT2D eigenvalue weighted by molar-refractivity contribution is -0.149. The maximum absolute atomic E-state index is 13.7. The van der Waals surface area contributed by atoms with Crippen molar-refractivity contribution in [2.24, 2.45) is 5.92 Å². The number of anilines is 1. The van der Waals surface area contributed by atoms with Gasteiger partial charge in [-0.1, -0.05) is 23.7 Å². The largest absolute Gasteiger partial charge is 0.466 e. The quantitative estimate of drug-likeness (QED) is 0.500. The van der Waals surface area contributed by atoms with Crippen LogP contribution in [0.4, 0.5) is 5.69 Å². The maximum atomic E-state index is 13.7. The van der Waals surface area contributed by atoms with Gasteiger partial charge in [-0.2, -0.15) is 9.40 Å². The second-order valence-corrected chi connectivity index (χ2v) is 11.1. The molecule has 2 aliphatic rings. The summed E-state index contributed by atoms with van der Waals surface area (Å²) in [6, 6.07) is 7.47. The molecule has 1 aromatic carbocycles. The summed E-state index contributed by atoms with van der Waals surface area (Å²) >= 11 is 6.32. The number of nitrogens with zero attached hydrogens (tertiary/aromatic N) is 5. The van der Waals surface area contributed by atoms with Gasteiger partial charge in [-0.25, -0.2) is 8.42 Å². The summed E-state index contributed by atoms with van der Waals surface area (Å²) in [5.74, 6) is -1.18. The zero-order valence-electron chi connectivity index (χ0n) is 20.6. The van der Waals surface area contributed by atoms with E-state index in [1.165, 1.54) is 20.1 Å².